The number of nitrogens with two attached hydrogens (primary N) is 1. The number of nitrogens with zero attached hydrogens (tertiary/aromatic N) is 3. The molecule has 1 heterocycles. The Hall–Kier alpha value is -1.75. The summed E-state index contributed by atoms with van der Waals surface area (Å²) in [5, 5.41) is 4.29. The molecule has 0 aliphatic rings. The summed E-state index contributed by atoms with van der Waals surface area (Å²) < 4.78 is 14.6. The SMILES string of the molecule is Cn1nc(CCN)nc1CCc1ccc(F)cc1. The Morgan fingerprint density at radius 1 is 1.17 bits per heavy atom. The van der Waals surface area contributed by atoms with Crippen LogP contribution in [0.2, 0.25) is 0 Å². The zero-order valence-electron chi connectivity index (χ0n) is 10.4. The molecule has 0 bridgehead atoms. The topological polar surface area (TPSA) is 56.7 Å². The molecule has 0 saturated heterocycles. The van der Waals surface area contributed by atoms with Crippen LogP contribution in [0.4, 0.5) is 4.39 Å². The monoisotopic (exact) mass is 248 g/mol. The number of aromatic nitrogens is 3. The molecule has 5 heteroatoms. The van der Waals surface area contributed by atoms with Crippen LogP contribution in [-0.4, -0.2) is 21.3 Å². The number of hydrogen-bond acceptors (Lipinski definition) is 3. The van der Waals surface area contributed by atoms with E-state index in [0.717, 1.165) is 30.1 Å². The normalized spacial score (nSPS) is 10.8. The molecule has 0 atom stereocenters. The van der Waals surface area contributed by atoms with Crippen molar-refractivity contribution in [3.63, 3.8) is 0 Å². The molecule has 4 nitrogen and oxygen atoms in total. The smallest absolute Gasteiger partial charge is 0.152 e. The van der Waals surface area contributed by atoms with Crippen LogP contribution in [0.3, 0.4) is 0 Å². The van der Waals surface area contributed by atoms with E-state index in [9.17, 15) is 4.39 Å². The third kappa shape index (κ3) is 3.13. The van der Waals surface area contributed by atoms with Crippen molar-refractivity contribution in [2.45, 2.75) is 19.3 Å². The highest BCUT2D eigenvalue weighted by Gasteiger charge is 2.06. The predicted molar refractivity (Wildman–Crippen MR) is 67.6 cm³/mol. The Bertz CT molecular complexity index is 504. The molecule has 0 unspecified atom stereocenters. The number of hydrogen-bond donors (Lipinski definition) is 1. The fraction of sp³-hybridized carbons (Fsp3) is 0.385. The molecule has 0 fully saturated rings. The summed E-state index contributed by atoms with van der Waals surface area (Å²) in [6.07, 6.45) is 2.32. The molecule has 0 saturated carbocycles. The Labute approximate surface area is 106 Å². The van der Waals surface area contributed by atoms with Crippen LogP contribution in [-0.2, 0) is 26.3 Å². The lowest BCUT2D eigenvalue weighted by Crippen LogP contribution is -2.04. The number of benzene rings is 1. The van der Waals surface area contributed by atoms with E-state index in [0.29, 0.717) is 13.0 Å². The highest BCUT2D eigenvalue weighted by molar-refractivity contribution is 5.16. The summed E-state index contributed by atoms with van der Waals surface area (Å²) >= 11 is 0. The number of aryl methyl sites for hydroxylation is 3. The van der Waals surface area contributed by atoms with Gasteiger partial charge in [0.1, 0.15) is 11.6 Å². The molecule has 96 valence electrons. The van der Waals surface area contributed by atoms with E-state index < -0.39 is 0 Å². The van der Waals surface area contributed by atoms with Gasteiger partial charge >= 0.3 is 0 Å². The summed E-state index contributed by atoms with van der Waals surface area (Å²) in [4.78, 5) is 4.43. The number of halogens is 1. The largest absolute Gasteiger partial charge is 0.330 e. The van der Waals surface area contributed by atoms with Crippen molar-refractivity contribution < 1.29 is 4.39 Å². The van der Waals surface area contributed by atoms with Gasteiger partial charge in [0.25, 0.3) is 0 Å². The summed E-state index contributed by atoms with van der Waals surface area (Å²) in [5.74, 6) is 1.51. The molecular formula is C13H17FN4. The van der Waals surface area contributed by atoms with E-state index in [4.69, 9.17) is 5.73 Å². The molecule has 1 aromatic heterocycles. The van der Waals surface area contributed by atoms with Crippen LogP contribution >= 0.6 is 0 Å². The van der Waals surface area contributed by atoms with Gasteiger partial charge in [0.05, 0.1) is 0 Å². The lowest BCUT2D eigenvalue weighted by molar-refractivity contribution is 0.626. The first-order chi connectivity index (χ1) is 8.69. The molecule has 0 spiro atoms. The third-order valence-electron chi connectivity index (χ3n) is 2.82. The van der Waals surface area contributed by atoms with Crippen LogP contribution in [0.15, 0.2) is 24.3 Å². The van der Waals surface area contributed by atoms with Gasteiger partial charge in [-0.2, -0.15) is 5.10 Å². The molecule has 0 aliphatic heterocycles. The minimum absolute atomic E-state index is 0.206. The lowest BCUT2D eigenvalue weighted by atomic mass is 10.1. The highest BCUT2D eigenvalue weighted by atomic mass is 19.1. The van der Waals surface area contributed by atoms with Gasteiger partial charge in [0.2, 0.25) is 0 Å². The molecule has 0 radical (unpaired) electrons. The maximum Gasteiger partial charge on any atom is 0.152 e. The van der Waals surface area contributed by atoms with E-state index in [1.54, 1.807) is 16.8 Å². The summed E-state index contributed by atoms with van der Waals surface area (Å²) in [7, 11) is 1.88. The average Bonchev–Trinajstić information content (AvgIpc) is 2.70. The molecule has 2 N–H and O–H groups in total. The molecule has 18 heavy (non-hydrogen) atoms. The predicted octanol–water partition coefficient (Wildman–Crippen LogP) is 1.24. The zero-order chi connectivity index (χ0) is 13.0. The van der Waals surface area contributed by atoms with Gasteiger partial charge in [0.15, 0.2) is 5.82 Å². The molecule has 1 aromatic carbocycles. The van der Waals surface area contributed by atoms with Crippen molar-refractivity contribution in [1.29, 1.82) is 0 Å². The van der Waals surface area contributed by atoms with Crippen molar-refractivity contribution in [2.75, 3.05) is 6.54 Å². The second-order valence-electron chi connectivity index (χ2n) is 4.23. The first-order valence-electron chi connectivity index (χ1n) is 6.02. The summed E-state index contributed by atoms with van der Waals surface area (Å²) in [5.41, 5.74) is 6.57. The van der Waals surface area contributed by atoms with Crippen molar-refractivity contribution >= 4 is 0 Å². The fourth-order valence-corrected chi connectivity index (χ4v) is 1.83. The maximum atomic E-state index is 12.8. The Balaban J connectivity index is 1.99. The average molecular weight is 248 g/mol. The maximum absolute atomic E-state index is 12.8. The minimum Gasteiger partial charge on any atom is -0.330 e. The summed E-state index contributed by atoms with van der Waals surface area (Å²) in [6, 6.07) is 6.55. The second-order valence-corrected chi connectivity index (χ2v) is 4.23. The van der Waals surface area contributed by atoms with Crippen LogP contribution in [0.1, 0.15) is 17.2 Å². The van der Waals surface area contributed by atoms with Gasteiger partial charge in [-0.25, -0.2) is 9.37 Å². The van der Waals surface area contributed by atoms with Gasteiger partial charge in [-0.15, -0.1) is 0 Å². The molecule has 2 rings (SSSR count). The van der Waals surface area contributed by atoms with Gasteiger partial charge in [-0.3, -0.25) is 4.68 Å². The standard InChI is InChI=1S/C13H17FN4/c1-18-13(16-12(17-18)8-9-15)7-4-10-2-5-11(14)6-3-10/h2-3,5-6H,4,7-9,15H2,1H3. The van der Waals surface area contributed by atoms with Crippen LogP contribution < -0.4 is 5.73 Å². The lowest BCUT2D eigenvalue weighted by Gasteiger charge is -2.01. The third-order valence-corrected chi connectivity index (χ3v) is 2.82. The van der Waals surface area contributed by atoms with Crippen molar-refractivity contribution in [3.8, 4) is 0 Å². The molecular weight excluding hydrogens is 231 g/mol. The number of rotatable bonds is 5. The van der Waals surface area contributed by atoms with E-state index in [1.807, 2.05) is 7.05 Å². The fourth-order valence-electron chi connectivity index (χ4n) is 1.83. The Morgan fingerprint density at radius 2 is 1.89 bits per heavy atom. The zero-order valence-corrected chi connectivity index (χ0v) is 10.4. The quantitative estimate of drug-likeness (QED) is 0.866. The summed E-state index contributed by atoms with van der Waals surface area (Å²) in [6.45, 7) is 0.557. The molecule has 2 aromatic rings. The van der Waals surface area contributed by atoms with Gasteiger partial charge in [-0.05, 0) is 30.7 Å². The first-order valence-corrected chi connectivity index (χ1v) is 6.02. The van der Waals surface area contributed by atoms with Crippen LogP contribution in [0.25, 0.3) is 0 Å². The van der Waals surface area contributed by atoms with Crippen LogP contribution in [0.5, 0.6) is 0 Å². The van der Waals surface area contributed by atoms with Gasteiger partial charge in [-0.1, -0.05) is 12.1 Å². The van der Waals surface area contributed by atoms with E-state index in [1.165, 1.54) is 12.1 Å². The van der Waals surface area contributed by atoms with Gasteiger partial charge in [0, 0.05) is 19.9 Å². The Morgan fingerprint density at radius 3 is 2.56 bits per heavy atom. The molecule has 0 aliphatic carbocycles. The van der Waals surface area contributed by atoms with E-state index in [-0.39, 0.29) is 5.82 Å². The van der Waals surface area contributed by atoms with Crippen LogP contribution in [0, 0.1) is 5.82 Å². The van der Waals surface area contributed by atoms with Crippen molar-refractivity contribution in [2.24, 2.45) is 12.8 Å². The Kier molecular flexibility index (Phi) is 4.04. The van der Waals surface area contributed by atoms with Gasteiger partial charge < -0.3 is 5.73 Å². The highest BCUT2D eigenvalue weighted by Crippen LogP contribution is 2.07. The van der Waals surface area contributed by atoms with E-state index in [2.05, 4.69) is 10.1 Å². The second kappa shape index (κ2) is 5.73. The molecule has 0 amide bonds. The van der Waals surface area contributed by atoms with Crippen molar-refractivity contribution in [3.05, 3.63) is 47.3 Å². The minimum atomic E-state index is -0.206. The first kappa shape index (κ1) is 12.7. The van der Waals surface area contributed by atoms with E-state index >= 15 is 0 Å². The van der Waals surface area contributed by atoms with Crippen molar-refractivity contribution in [1.82, 2.24) is 14.8 Å².